The van der Waals surface area contributed by atoms with Gasteiger partial charge in [0.05, 0.1) is 12.1 Å². The molecule has 0 radical (unpaired) electrons. The van der Waals surface area contributed by atoms with Crippen molar-refractivity contribution in [3.8, 4) is 5.75 Å². The van der Waals surface area contributed by atoms with Crippen LogP contribution in [0.15, 0.2) is 42.7 Å². The molecular formula is C13H13ClN2O. The van der Waals surface area contributed by atoms with E-state index in [4.69, 9.17) is 16.3 Å². The zero-order chi connectivity index (χ0) is 12.1. The summed E-state index contributed by atoms with van der Waals surface area (Å²) in [6, 6.07) is 9.66. The Bertz CT molecular complexity index is 485. The summed E-state index contributed by atoms with van der Waals surface area (Å²) < 4.78 is 5.09. The van der Waals surface area contributed by atoms with Gasteiger partial charge in [0, 0.05) is 24.6 Å². The van der Waals surface area contributed by atoms with Crippen LogP contribution in [0.3, 0.4) is 0 Å². The molecule has 0 fully saturated rings. The zero-order valence-corrected chi connectivity index (χ0v) is 10.2. The van der Waals surface area contributed by atoms with Gasteiger partial charge in [-0.3, -0.25) is 4.98 Å². The van der Waals surface area contributed by atoms with Crippen LogP contribution in [0.25, 0.3) is 0 Å². The first-order valence-corrected chi connectivity index (χ1v) is 5.63. The maximum atomic E-state index is 6.02. The first kappa shape index (κ1) is 11.7. The highest BCUT2D eigenvalue weighted by Gasteiger charge is 1.99. The van der Waals surface area contributed by atoms with E-state index in [1.54, 1.807) is 19.5 Å². The van der Waals surface area contributed by atoms with Crippen molar-refractivity contribution in [2.24, 2.45) is 0 Å². The predicted octanol–water partition coefficient (Wildman–Crippen LogP) is 3.36. The van der Waals surface area contributed by atoms with Crippen molar-refractivity contribution in [3.05, 3.63) is 53.3 Å². The molecule has 2 aromatic rings. The molecule has 1 N–H and O–H groups in total. The Labute approximate surface area is 105 Å². The van der Waals surface area contributed by atoms with Crippen molar-refractivity contribution in [1.82, 2.24) is 4.98 Å². The van der Waals surface area contributed by atoms with E-state index < -0.39 is 0 Å². The second-order valence-corrected chi connectivity index (χ2v) is 3.96. The summed E-state index contributed by atoms with van der Waals surface area (Å²) in [6.07, 6.45) is 3.38. The first-order valence-electron chi connectivity index (χ1n) is 5.26. The number of aromatic nitrogens is 1. The van der Waals surface area contributed by atoms with E-state index in [0.29, 0.717) is 11.6 Å². The monoisotopic (exact) mass is 248 g/mol. The van der Waals surface area contributed by atoms with Gasteiger partial charge in [-0.1, -0.05) is 11.6 Å². The number of methoxy groups -OCH3 is 1. The molecule has 4 heteroatoms. The number of pyridine rings is 1. The summed E-state index contributed by atoms with van der Waals surface area (Å²) in [5.41, 5.74) is 2.05. The predicted molar refractivity (Wildman–Crippen MR) is 69.6 cm³/mol. The Balaban J connectivity index is 2.00. The molecule has 0 aliphatic rings. The van der Waals surface area contributed by atoms with Gasteiger partial charge >= 0.3 is 0 Å². The van der Waals surface area contributed by atoms with Crippen molar-refractivity contribution < 1.29 is 4.74 Å². The fourth-order valence-electron chi connectivity index (χ4n) is 1.45. The van der Waals surface area contributed by atoms with Crippen LogP contribution in [0.1, 0.15) is 5.56 Å². The summed E-state index contributed by atoms with van der Waals surface area (Å²) in [6.45, 7) is 0.674. The van der Waals surface area contributed by atoms with Crippen LogP contribution in [0, 0.1) is 0 Å². The highest BCUT2D eigenvalue weighted by molar-refractivity contribution is 6.31. The van der Waals surface area contributed by atoms with Crippen LogP contribution in [-0.4, -0.2) is 12.1 Å². The fourth-order valence-corrected chi connectivity index (χ4v) is 1.64. The SMILES string of the molecule is COc1ccc(NCc2ccncc2Cl)cc1. The summed E-state index contributed by atoms with van der Waals surface area (Å²) >= 11 is 6.02. The lowest BCUT2D eigenvalue weighted by Gasteiger charge is -2.08. The van der Waals surface area contributed by atoms with E-state index in [-0.39, 0.29) is 0 Å². The molecule has 0 atom stereocenters. The van der Waals surface area contributed by atoms with Gasteiger partial charge in [-0.15, -0.1) is 0 Å². The summed E-state index contributed by atoms with van der Waals surface area (Å²) in [4.78, 5) is 3.95. The van der Waals surface area contributed by atoms with Crippen LogP contribution in [0.2, 0.25) is 5.02 Å². The third kappa shape index (κ3) is 3.11. The molecule has 88 valence electrons. The van der Waals surface area contributed by atoms with Gasteiger partial charge in [0.15, 0.2) is 0 Å². The molecule has 0 unspecified atom stereocenters. The van der Waals surface area contributed by atoms with E-state index in [9.17, 15) is 0 Å². The van der Waals surface area contributed by atoms with Crippen molar-refractivity contribution in [1.29, 1.82) is 0 Å². The number of rotatable bonds is 4. The molecule has 0 spiro atoms. The summed E-state index contributed by atoms with van der Waals surface area (Å²) in [5, 5.41) is 3.96. The smallest absolute Gasteiger partial charge is 0.119 e. The Morgan fingerprint density at radius 1 is 1.24 bits per heavy atom. The normalized spacial score (nSPS) is 10.0. The van der Waals surface area contributed by atoms with Crippen LogP contribution in [0.4, 0.5) is 5.69 Å². The minimum absolute atomic E-state index is 0.674. The largest absolute Gasteiger partial charge is 0.497 e. The standard InChI is InChI=1S/C13H13ClN2O/c1-17-12-4-2-11(3-5-12)16-8-10-6-7-15-9-13(10)14/h2-7,9,16H,8H2,1H3. The topological polar surface area (TPSA) is 34.1 Å². The van der Waals surface area contributed by atoms with Crippen LogP contribution < -0.4 is 10.1 Å². The fraction of sp³-hybridized carbons (Fsp3) is 0.154. The van der Waals surface area contributed by atoms with Gasteiger partial charge in [0.2, 0.25) is 0 Å². The molecule has 3 nitrogen and oxygen atoms in total. The Kier molecular flexibility index (Phi) is 3.83. The lowest BCUT2D eigenvalue weighted by molar-refractivity contribution is 0.415. The molecule has 0 saturated heterocycles. The minimum Gasteiger partial charge on any atom is -0.497 e. The van der Waals surface area contributed by atoms with E-state index in [2.05, 4.69) is 10.3 Å². The number of halogens is 1. The van der Waals surface area contributed by atoms with Crippen LogP contribution in [0.5, 0.6) is 5.75 Å². The van der Waals surface area contributed by atoms with Crippen LogP contribution in [-0.2, 0) is 6.54 Å². The average molecular weight is 249 g/mol. The van der Waals surface area contributed by atoms with Gasteiger partial charge in [0.1, 0.15) is 5.75 Å². The van der Waals surface area contributed by atoms with Crippen molar-refractivity contribution in [2.75, 3.05) is 12.4 Å². The molecule has 2 rings (SSSR count). The van der Waals surface area contributed by atoms with Crippen molar-refractivity contribution in [3.63, 3.8) is 0 Å². The van der Waals surface area contributed by atoms with Gasteiger partial charge in [-0.2, -0.15) is 0 Å². The Hall–Kier alpha value is -1.74. The molecule has 1 aromatic heterocycles. The summed E-state index contributed by atoms with van der Waals surface area (Å²) in [7, 11) is 1.65. The highest BCUT2D eigenvalue weighted by atomic mass is 35.5. The second-order valence-electron chi connectivity index (χ2n) is 3.55. The number of nitrogens with zero attached hydrogens (tertiary/aromatic N) is 1. The molecule has 17 heavy (non-hydrogen) atoms. The molecule has 0 aliphatic heterocycles. The quantitative estimate of drug-likeness (QED) is 0.901. The van der Waals surface area contributed by atoms with E-state index in [0.717, 1.165) is 17.0 Å². The average Bonchev–Trinajstić information content (AvgIpc) is 2.38. The van der Waals surface area contributed by atoms with E-state index in [1.165, 1.54) is 0 Å². The van der Waals surface area contributed by atoms with E-state index >= 15 is 0 Å². The highest BCUT2D eigenvalue weighted by Crippen LogP contribution is 2.18. The number of hydrogen-bond acceptors (Lipinski definition) is 3. The molecule has 0 aliphatic carbocycles. The third-order valence-corrected chi connectivity index (χ3v) is 2.77. The van der Waals surface area contributed by atoms with Crippen LogP contribution >= 0.6 is 11.6 Å². The number of hydrogen-bond donors (Lipinski definition) is 1. The molecular weight excluding hydrogens is 236 g/mol. The molecule has 0 saturated carbocycles. The zero-order valence-electron chi connectivity index (χ0n) is 9.48. The lowest BCUT2D eigenvalue weighted by Crippen LogP contribution is -2.00. The first-order chi connectivity index (χ1) is 8.29. The van der Waals surface area contributed by atoms with Crippen molar-refractivity contribution >= 4 is 17.3 Å². The summed E-state index contributed by atoms with van der Waals surface area (Å²) in [5.74, 6) is 0.845. The molecule has 0 amide bonds. The maximum Gasteiger partial charge on any atom is 0.119 e. The molecule has 1 heterocycles. The maximum absolute atomic E-state index is 6.02. The molecule has 0 bridgehead atoms. The van der Waals surface area contributed by atoms with Crippen molar-refractivity contribution in [2.45, 2.75) is 6.54 Å². The number of ether oxygens (including phenoxy) is 1. The lowest BCUT2D eigenvalue weighted by atomic mass is 10.2. The van der Waals surface area contributed by atoms with E-state index in [1.807, 2.05) is 30.3 Å². The number of anilines is 1. The Morgan fingerprint density at radius 3 is 2.65 bits per heavy atom. The number of benzene rings is 1. The number of nitrogens with one attached hydrogen (secondary N) is 1. The van der Waals surface area contributed by atoms with Gasteiger partial charge < -0.3 is 10.1 Å². The van der Waals surface area contributed by atoms with Gasteiger partial charge in [-0.05, 0) is 35.9 Å². The minimum atomic E-state index is 0.674. The van der Waals surface area contributed by atoms with Gasteiger partial charge in [-0.25, -0.2) is 0 Å². The third-order valence-electron chi connectivity index (χ3n) is 2.43. The second kappa shape index (κ2) is 5.55. The van der Waals surface area contributed by atoms with Gasteiger partial charge in [0.25, 0.3) is 0 Å². The Morgan fingerprint density at radius 2 is 2.00 bits per heavy atom. The molecule has 1 aromatic carbocycles.